The highest BCUT2D eigenvalue weighted by Gasteiger charge is 2.26. The molecule has 0 radical (unpaired) electrons. The van der Waals surface area contributed by atoms with Crippen molar-refractivity contribution in [2.75, 3.05) is 24.7 Å². The lowest BCUT2D eigenvalue weighted by Gasteiger charge is -2.32. The number of amides is 2. The fraction of sp³-hybridized carbons (Fsp3) is 0.389. The van der Waals surface area contributed by atoms with Crippen molar-refractivity contribution in [1.82, 2.24) is 14.7 Å². The van der Waals surface area contributed by atoms with E-state index in [1.807, 2.05) is 36.6 Å². The Balaban J connectivity index is 1.60. The zero-order valence-corrected chi connectivity index (χ0v) is 15.4. The Morgan fingerprint density at radius 2 is 2.08 bits per heavy atom. The smallest absolute Gasteiger partial charge is 0.325 e. The summed E-state index contributed by atoms with van der Waals surface area (Å²) in [7, 11) is 0. The van der Waals surface area contributed by atoms with Crippen molar-refractivity contribution in [1.29, 1.82) is 0 Å². The number of benzene rings is 1. The number of urea groups is 1. The van der Waals surface area contributed by atoms with Crippen molar-refractivity contribution in [3.8, 4) is 0 Å². The molecule has 2 aromatic rings. The van der Waals surface area contributed by atoms with Gasteiger partial charge in [0.2, 0.25) is 0 Å². The highest BCUT2D eigenvalue weighted by molar-refractivity contribution is 7.98. The van der Waals surface area contributed by atoms with Crippen LogP contribution in [0, 0.1) is 0 Å². The van der Waals surface area contributed by atoms with Gasteiger partial charge in [-0.2, -0.15) is 5.10 Å². The van der Waals surface area contributed by atoms with Gasteiger partial charge in [-0.15, -0.1) is 11.8 Å². The second-order valence-electron chi connectivity index (χ2n) is 6.28. The number of likely N-dealkylation sites (tertiary alicyclic amines) is 1. The predicted molar refractivity (Wildman–Crippen MR) is 101 cm³/mol. The summed E-state index contributed by atoms with van der Waals surface area (Å²) in [6, 6.07) is 9.49. The van der Waals surface area contributed by atoms with Crippen molar-refractivity contribution in [3.05, 3.63) is 42.2 Å². The van der Waals surface area contributed by atoms with Crippen LogP contribution in [0.4, 0.5) is 10.5 Å². The predicted octanol–water partition coefficient (Wildman–Crippen LogP) is 3.10. The van der Waals surface area contributed by atoms with Gasteiger partial charge in [-0.3, -0.25) is 9.48 Å². The monoisotopic (exact) mass is 374 g/mol. The Morgan fingerprint density at radius 1 is 1.31 bits per heavy atom. The molecule has 1 aliphatic heterocycles. The van der Waals surface area contributed by atoms with Gasteiger partial charge in [0.05, 0.1) is 5.69 Å². The molecule has 1 aromatic carbocycles. The molecule has 138 valence electrons. The van der Waals surface area contributed by atoms with E-state index in [4.69, 9.17) is 5.11 Å². The maximum Gasteiger partial charge on any atom is 0.325 e. The van der Waals surface area contributed by atoms with Crippen molar-refractivity contribution in [2.24, 2.45) is 0 Å². The van der Waals surface area contributed by atoms with Crippen molar-refractivity contribution in [2.45, 2.75) is 30.2 Å². The van der Waals surface area contributed by atoms with E-state index in [1.54, 1.807) is 22.9 Å². The normalized spacial score (nSPS) is 17.1. The first kappa shape index (κ1) is 18.3. The molecule has 0 spiro atoms. The fourth-order valence-corrected chi connectivity index (χ4v) is 3.51. The van der Waals surface area contributed by atoms with E-state index >= 15 is 0 Å². The molecule has 8 heteroatoms. The van der Waals surface area contributed by atoms with Crippen LogP contribution in [0.2, 0.25) is 0 Å². The van der Waals surface area contributed by atoms with Crippen LogP contribution in [0.1, 0.15) is 24.5 Å². The number of nitrogens with one attached hydrogen (secondary N) is 1. The molecular weight excluding hydrogens is 352 g/mol. The van der Waals surface area contributed by atoms with Crippen LogP contribution in [0.25, 0.3) is 0 Å². The first-order chi connectivity index (χ1) is 12.5. The zero-order chi connectivity index (χ0) is 18.5. The molecule has 1 aliphatic rings. The van der Waals surface area contributed by atoms with Crippen LogP contribution in [0.5, 0.6) is 0 Å². The number of carbonyl (C=O) groups excluding carboxylic acids is 1. The van der Waals surface area contributed by atoms with Gasteiger partial charge in [0.1, 0.15) is 6.54 Å². The van der Waals surface area contributed by atoms with Crippen LogP contribution in [0.15, 0.2) is 41.4 Å². The highest BCUT2D eigenvalue weighted by atomic mass is 32.2. The molecule has 0 aliphatic carbocycles. The van der Waals surface area contributed by atoms with E-state index in [1.165, 1.54) is 4.68 Å². The summed E-state index contributed by atoms with van der Waals surface area (Å²) in [5.74, 6) is -0.791. The standard InChI is InChI=1S/C18H22N4O3S/c1-26-15-6-4-14(5-7-15)19-18(25)21-9-2-3-13(11-21)16-8-10-22(20-16)12-17(23)24/h4-8,10,13H,2-3,9,11-12H2,1H3,(H,19,25)(H,23,24)/t13-/m0/s1. The largest absolute Gasteiger partial charge is 0.480 e. The van der Waals surface area contributed by atoms with Crippen LogP contribution >= 0.6 is 11.8 Å². The summed E-state index contributed by atoms with van der Waals surface area (Å²) in [5, 5.41) is 16.1. The molecule has 3 rings (SSSR count). The molecule has 0 saturated carbocycles. The van der Waals surface area contributed by atoms with Gasteiger partial charge in [-0.25, -0.2) is 4.79 Å². The van der Waals surface area contributed by atoms with Gasteiger partial charge in [0, 0.05) is 35.8 Å². The molecule has 2 amide bonds. The SMILES string of the molecule is CSc1ccc(NC(=O)N2CCC[C@H](c3ccn(CC(=O)O)n3)C2)cc1. The minimum absolute atomic E-state index is 0.114. The minimum atomic E-state index is -0.920. The molecule has 2 heterocycles. The highest BCUT2D eigenvalue weighted by Crippen LogP contribution is 2.26. The number of hydrogen-bond donors (Lipinski definition) is 2. The first-order valence-electron chi connectivity index (χ1n) is 8.50. The number of aliphatic carboxylic acids is 1. The Bertz CT molecular complexity index is 775. The van der Waals surface area contributed by atoms with Crippen molar-refractivity contribution in [3.63, 3.8) is 0 Å². The third-order valence-electron chi connectivity index (χ3n) is 4.43. The Kier molecular flexibility index (Phi) is 5.82. The van der Waals surface area contributed by atoms with Crippen molar-refractivity contribution < 1.29 is 14.7 Å². The number of piperidine rings is 1. The third kappa shape index (κ3) is 4.57. The number of carboxylic acid groups (broad SMARTS) is 1. The number of carbonyl (C=O) groups is 2. The number of carboxylic acids is 1. The molecule has 7 nitrogen and oxygen atoms in total. The summed E-state index contributed by atoms with van der Waals surface area (Å²) in [6.07, 6.45) is 5.53. The van der Waals surface area contributed by atoms with Gasteiger partial charge >= 0.3 is 12.0 Å². The second-order valence-corrected chi connectivity index (χ2v) is 7.16. The average Bonchev–Trinajstić information content (AvgIpc) is 3.10. The summed E-state index contributed by atoms with van der Waals surface area (Å²) in [6.45, 7) is 1.14. The molecule has 1 atom stereocenters. The fourth-order valence-electron chi connectivity index (χ4n) is 3.10. The average molecular weight is 374 g/mol. The Morgan fingerprint density at radius 3 is 2.77 bits per heavy atom. The van der Waals surface area contributed by atoms with Crippen LogP contribution in [0.3, 0.4) is 0 Å². The number of nitrogens with zero attached hydrogens (tertiary/aromatic N) is 3. The van der Waals surface area contributed by atoms with Crippen LogP contribution in [-0.2, 0) is 11.3 Å². The Labute approximate surface area is 156 Å². The van der Waals surface area contributed by atoms with E-state index in [-0.39, 0.29) is 18.5 Å². The molecule has 0 bridgehead atoms. The Hall–Kier alpha value is -2.48. The molecular formula is C18H22N4O3S. The summed E-state index contributed by atoms with van der Waals surface area (Å²) >= 11 is 1.66. The summed E-state index contributed by atoms with van der Waals surface area (Å²) < 4.78 is 1.42. The maximum atomic E-state index is 12.6. The lowest BCUT2D eigenvalue weighted by atomic mass is 9.95. The van der Waals surface area contributed by atoms with E-state index < -0.39 is 5.97 Å². The first-order valence-corrected chi connectivity index (χ1v) is 9.73. The van der Waals surface area contributed by atoms with E-state index in [0.29, 0.717) is 13.1 Å². The van der Waals surface area contributed by atoms with E-state index in [0.717, 1.165) is 29.1 Å². The lowest BCUT2D eigenvalue weighted by Crippen LogP contribution is -2.41. The molecule has 1 saturated heterocycles. The summed E-state index contributed by atoms with van der Waals surface area (Å²) in [4.78, 5) is 26.3. The molecule has 2 N–H and O–H groups in total. The van der Waals surface area contributed by atoms with Crippen molar-refractivity contribution >= 4 is 29.4 Å². The van der Waals surface area contributed by atoms with Crippen LogP contribution < -0.4 is 5.32 Å². The summed E-state index contributed by atoms with van der Waals surface area (Å²) in [5.41, 5.74) is 1.62. The number of aromatic nitrogens is 2. The second kappa shape index (κ2) is 8.27. The number of hydrogen-bond acceptors (Lipinski definition) is 4. The third-order valence-corrected chi connectivity index (χ3v) is 5.17. The molecule has 0 unspecified atom stereocenters. The van der Waals surface area contributed by atoms with E-state index in [9.17, 15) is 9.59 Å². The number of anilines is 1. The van der Waals surface area contributed by atoms with E-state index in [2.05, 4.69) is 10.4 Å². The molecule has 26 heavy (non-hydrogen) atoms. The van der Waals surface area contributed by atoms with Gasteiger partial charge in [0.15, 0.2) is 0 Å². The molecule has 1 aromatic heterocycles. The lowest BCUT2D eigenvalue weighted by molar-refractivity contribution is -0.137. The maximum absolute atomic E-state index is 12.6. The number of rotatable bonds is 5. The number of thioether (sulfide) groups is 1. The zero-order valence-electron chi connectivity index (χ0n) is 14.6. The van der Waals surface area contributed by atoms with Gasteiger partial charge < -0.3 is 15.3 Å². The molecule has 1 fully saturated rings. The minimum Gasteiger partial charge on any atom is -0.480 e. The van der Waals surface area contributed by atoms with Gasteiger partial charge in [0.25, 0.3) is 0 Å². The quantitative estimate of drug-likeness (QED) is 0.785. The topological polar surface area (TPSA) is 87.5 Å². The van der Waals surface area contributed by atoms with Crippen LogP contribution in [-0.4, -0.2) is 51.1 Å². The van der Waals surface area contributed by atoms with Gasteiger partial charge in [-0.05, 0) is 49.4 Å². The van der Waals surface area contributed by atoms with Gasteiger partial charge in [-0.1, -0.05) is 0 Å².